The quantitative estimate of drug-likeness (QED) is 0.0212. The Hall–Kier alpha value is -3.07. The molecule has 0 saturated carbocycles. The van der Waals surface area contributed by atoms with Crippen molar-refractivity contribution in [1.82, 2.24) is 5.32 Å². The number of hydrogen-bond acceptors (Lipinski definition) is 7. The molecule has 1 N–H and O–H groups in total. The Morgan fingerprint density at radius 1 is 0.493 bits per heavy atom. The van der Waals surface area contributed by atoms with Crippen molar-refractivity contribution in [2.24, 2.45) is 0 Å². The normalized spacial score (nSPS) is 14.5. The molecule has 0 aromatic carbocycles. The van der Waals surface area contributed by atoms with Crippen LogP contribution in [0.3, 0.4) is 0 Å². The summed E-state index contributed by atoms with van der Waals surface area (Å²) in [5.41, 5.74) is 0. The van der Waals surface area contributed by atoms with Gasteiger partial charge in [-0.3, -0.25) is 14.2 Å². The summed E-state index contributed by atoms with van der Waals surface area (Å²) in [6.07, 6.45) is 69.6. The second-order valence-electron chi connectivity index (χ2n) is 20.8. The topological polar surface area (TPSA) is 114 Å². The van der Waals surface area contributed by atoms with Gasteiger partial charge in [0.25, 0.3) is 7.82 Å². The molecule has 1 amide bonds. The van der Waals surface area contributed by atoms with Crippen LogP contribution in [0.5, 0.6) is 0 Å². The van der Waals surface area contributed by atoms with E-state index in [-0.39, 0.29) is 31.3 Å². The zero-order valence-corrected chi connectivity index (χ0v) is 48.7. The Labute approximate surface area is 449 Å². The van der Waals surface area contributed by atoms with Crippen molar-refractivity contribution < 1.29 is 37.3 Å². The monoisotopic (exact) mass is 1040 g/mol. The number of carbonyl (C=O) groups excluding carboxylic acids is 2. The summed E-state index contributed by atoms with van der Waals surface area (Å²) in [6.45, 7) is 6.65. The van der Waals surface area contributed by atoms with Crippen LogP contribution in [0, 0.1) is 0 Å². The summed E-state index contributed by atoms with van der Waals surface area (Å²) >= 11 is 0. The van der Waals surface area contributed by atoms with Crippen molar-refractivity contribution in [3.8, 4) is 0 Å². The van der Waals surface area contributed by atoms with Crippen molar-refractivity contribution >= 4 is 19.7 Å². The molecule has 420 valence electrons. The summed E-state index contributed by atoms with van der Waals surface area (Å²) in [5.74, 6) is -0.648. The summed E-state index contributed by atoms with van der Waals surface area (Å²) < 4.78 is 30.2. The number of likely N-dealkylation sites (N-methyl/N-ethyl adjacent to an activating group) is 1. The van der Waals surface area contributed by atoms with Gasteiger partial charge in [0.05, 0.1) is 33.8 Å². The molecule has 0 saturated heterocycles. The highest BCUT2D eigenvalue weighted by molar-refractivity contribution is 7.45. The van der Waals surface area contributed by atoms with Crippen LogP contribution in [-0.4, -0.2) is 69.4 Å². The first-order chi connectivity index (χ1) is 35.4. The fourth-order valence-corrected chi connectivity index (χ4v) is 8.67. The van der Waals surface area contributed by atoms with Gasteiger partial charge >= 0.3 is 5.97 Å². The third kappa shape index (κ3) is 53.6. The number of hydrogen-bond donors (Lipinski definition) is 1. The van der Waals surface area contributed by atoms with Gasteiger partial charge < -0.3 is 28.5 Å². The van der Waals surface area contributed by atoms with Crippen molar-refractivity contribution in [3.05, 3.63) is 97.2 Å². The third-order valence-corrected chi connectivity index (χ3v) is 13.5. The fourth-order valence-electron chi connectivity index (χ4n) is 7.95. The number of ether oxygens (including phenoxy) is 1. The van der Waals surface area contributed by atoms with E-state index in [1.54, 1.807) is 0 Å². The van der Waals surface area contributed by atoms with E-state index in [9.17, 15) is 19.0 Å². The van der Waals surface area contributed by atoms with Gasteiger partial charge in [-0.15, -0.1) is 0 Å². The van der Waals surface area contributed by atoms with E-state index >= 15 is 0 Å². The number of esters is 1. The average molecular weight is 1040 g/mol. The van der Waals surface area contributed by atoms with E-state index in [1.165, 1.54) is 109 Å². The highest BCUT2D eigenvalue weighted by Gasteiger charge is 2.27. The molecule has 3 atom stereocenters. The van der Waals surface area contributed by atoms with Crippen LogP contribution in [0.25, 0.3) is 0 Å². The summed E-state index contributed by atoms with van der Waals surface area (Å²) in [6, 6.07) is -0.935. The van der Waals surface area contributed by atoms with Gasteiger partial charge in [0, 0.05) is 12.8 Å². The average Bonchev–Trinajstić information content (AvgIpc) is 3.35. The lowest BCUT2D eigenvalue weighted by Gasteiger charge is -2.30. The van der Waals surface area contributed by atoms with Crippen LogP contribution in [0.15, 0.2) is 97.2 Å². The molecule has 0 spiro atoms. The molecule has 0 aliphatic carbocycles. The van der Waals surface area contributed by atoms with Crippen LogP contribution in [-0.2, 0) is 27.9 Å². The number of allylic oxidation sites excluding steroid dienone is 15. The lowest BCUT2D eigenvalue weighted by molar-refractivity contribution is -0.870. The minimum absolute atomic E-state index is 0.0405. The molecule has 0 radical (unpaired) electrons. The molecule has 0 bridgehead atoms. The maximum atomic E-state index is 13.5. The molecule has 10 heteroatoms. The summed E-state index contributed by atoms with van der Waals surface area (Å²) in [4.78, 5) is 39.9. The number of nitrogens with one attached hydrogen (secondary N) is 1. The Kier molecular flexibility index (Phi) is 50.2. The van der Waals surface area contributed by atoms with Gasteiger partial charge in [0.2, 0.25) is 5.91 Å². The lowest BCUT2D eigenvalue weighted by Crippen LogP contribution is -2.47. The Bertz CT molecular complexity index is 1570. The molecule has 3 unspecified atom stereocenters. The van der Waals surface area contributed by atoms with Crippen LogP contribution >= 0.6 is 7.82 Å². The highest BCUT2D eigenvalue weighted by Crippen LogP contribution is 2.38. The molecule has 73 heavy (non-hydrogen) atoms. The van der Waals surface area contributed by atoms with Crippen molar-refractivity contribution in [1.29, 1.82) is 0 Å². The Morgan fingerprint density at radius 3 is 1.36 bits per heavy atom. The number of rotatable bonds is 52. The lowest BCUT2D eigenvalue weighted by atomic mass is 10.0. The smallest absolute Gasteiger partial charge is 0.306 e. The molecule has 0 fully saturated rings. The predicted octanol–water partition coefficient (Wildman–Crippen LogP) is 17.4. The largest absolute Gasteiger partial charge is 0.756 e. The summed E-state index contributed by atoms with van der Waals surface area (Å²) in [7, 11) is 1.13. The van der Waals surface area contributed by atoms with E-state index in [0.717, 1.165) is 83.5 Å². The van der Waals surface area contributed by atoms with Crippen LogP contribution in [0.2, 0.25) is 0 Å². The van der Waals surface area contributed by atoms with Gasteiger partial charge in [0.1, 0.15) is 19.3 Å². The second kappa shape index (κ2) is 52.4. The van der Waals surface area contributed by atoms with E-state index in [1.807, 2.05) is 45.4 Å². The fraction of sp³-hybridized carbons (Fsp3) is 0.714. The zero-order chi connectivity index (χ0) is 53.6. The van der Waals surface area contributed by atoms with Crippen LogP contribution in [0.1, 0.15) is 239 Å². The van der Waals surface area contributed by atoms with Crippen LogP contribution < -0.4 is 10.2 Å². The number of phosphoric ester groups is 1. The van der Waals surface area contributed by atoms with Crippen molar-refractivity contribution in [2.75, 3.05) is 40.9 Å². The second-order valence-corrected chi connectivity index (χ2v) is 22.2. The first-order valence-corrected chi connectivity index (χ1v) is 31.0. The van der Waals surface area contributed by atoms with Gasteiger partial charge in [-0.05, 0) is 96.0 Å². The number of amides is 1. The standard InChI is InChI=1S/C63H111N2O7P/c1-7-10-13-16-19-22-25-28-30-31-32-33-35-37-40-43-46-49-52-55-62(66)64-60(59-71-73(68,69)70-58-57-65(4,5)6)61(54-51-48-45-42-39-36-27-24-21-18-15-12-9-3)72-63(67)56-53-50-47-44-41-38-34-29-26-23-20-17-14-11-8-2/h10,13,19,22-23,26,28,30,32-33,37,40,46,49,51,54,60-61H,7-9,11-12,14-18,20-21,24-25,27,29,31,34-36,38-39,41-45,47-48,50,52-53,55-59H2,1-6H3,(H-,64,66,68,69)/b13-10-,22-19-,26-23-,30-28-,33-32-,40-37-,49-46-,54-51-. The first-order valence-electron chi connectivity index (χ1n) is 29.5. The molecule has 0 aliphatic heterocycles. The molecule has 0 aliphatic rings. The molecule has 0 heterocycles. The van der Waals surface area contributed by atoms with Gasteiger partial charge in [0.15, 0.2) is 0 Å². The summed E-state index contributed by atoms with van der Waals surface area (Å²) in [5, 5.41) is 2.97. The molecule has 0 aromatic heterocycles. The minimum atomic E-state index is -4.72. The minimum Gasteiger partial charge on any atom is -0.756 e. The van der Waals surface area contributed by atoms with Gasteiger partial charge in [-0.1, -0.05) is 227 Å². The maximum Gasteiger partial charge on any atom is 0.306 e. The maximum absolute atomic E-state index is 13.5. The SMILES string of the molecule is CC/C=C\C/C=C\C/C=C\C/C=C\C/C=C\C/C=C\CCC(=O)NC(COP(=O)([O-])OCC[N+](C)(C)C)C(/C=C\CCCCCCCCCCCCC)OC(=O)CCCCCCCCC/C=C\CCCCCC. The molecule has 9 nitrogen and oxygen atoms in total. The molecular formula is C63H111N2O7P. The van der Waals surface area contributed by atoms with Gasteiger partial charge in [-0.25, -0.2) is 0 Å². The highest BCUT2D eigenvalue weighted by atomic mass is 31.2. The first kappa shape index (κ1) is 69.9. The zero-order valence-electron chi connectivity index (χ0n) is 47.8. The number of carbonyl (C=O) groups is 2. The third-order valence-electron chi connectivity index (χ3n) is 12.5. The molecular weight excluding hydrogens is 928 g/mol. The van der Waals surface area contributed by atoms with Gasteiger partial charge in [-0.2, -0.15) is 0 Å². The molecule has 0 aromatic rings. The number of quaternary nitrogens is 1. The Balaban J connectivity index is 5.48. The van der Waals surface area contributed by atoms with E-state index in [4.69, 9.17) is 13.8 Å². The number of nitrogens with zero attached hydrogens (tertiary/aromatic N) is 1. The van der Waals surface area contributed by atoms with Crippen molar-refractivity contribution in [2.45, 2.75) is 251 Å². The predicted molar refractivity (Wildman–Crippen MR) is 311 cm³/mol. The molecule has 0 rings (SSSR count). The number of phosphoric acid groups is 1. The van der Waals surface area contributed by atoms with E-state index < -0.39 is 26.6 Å². The number of unbranched alkanes of at least 4 members (excludes halogenated alkanes) is 22. The Morgan fingerprint density at radius 2 is 0.890 bits per heavy atom. The van der Waals surface area contributed by atoms with E-state index in [2.05, 4.69) is 99.0 Å². The van der Waals surface area contributed by atoms with Crippen LogP contribution in [0.4, 0.5) is 0 Å². The van der Waals surface area contributed by atoms with E-state index in [0.29, 0.717) is 23.9 Å². The van der Waals surface area contributed by atoms with Crippen molar-refractivity contribution in [3.63, 3.8) is 0 Å².